The van der Waals surface area contributed by atoms with Gasteiger partial charge in [-0.05, 0) is 26.2 Å². The van der Waals surface area contributed by atoms with Crippen molar-refractivity contribution in [2.24, 2.45) is 5.41 Å². The van der Waals surface area contributed by atoms with Gasteiger partial charge in [-0.3, -0.25) is 10.1 Å². The molecule has 1 aromatic rings. The highest BCUT2D eigenvalue weighted by molar-refractivity contribution is 7.09. The SMILES string of the molecule is CCC1(C(=O)O)CCN(C(=O)Nc2nc(C)ns2)CC1. The number of urea groups is 1. The van der Waals surface area contributed by atoms with Gasteiger partial charge in [-0.1, -0.05) is 6.92 Å². The smallest absolute Gasteiger partial charge is 0.323 e. The van der Waals surface area contributed by atoms with Gasteiger partial charge in [-0.15, -0.1) is 0 Å². The van der Waals surface area contributed by atoms with Crippen LogP contribution in [-0.2, 0) is 4.79 Å². The van der Waals surface area contributed by atoms with Crippen LogP contribution in [-0.4, -0.2) is 44.5 Å². The molecule has 8 heteroatoms. The lowest BCUT2D eigenvalue weighted by atomic mass is 9.76. The number of hydrogen-bond donors (Lipinski definition) is 2. The number of aliphatic carboxylic acids is 1. The van der Waals surface area contributed by atoms with Crippen LogP contribution >= 0.6 is 11.5 Å². The Morgan fingerprint density at radius 2 is 2.10 bits per heavy atom. The molecule has 0 spiro atoms. The van der Waals surface area contributed by atoms with Gasteiger partial charge in [0.25, 0.3) is 0 Å². The van der Waals surface area contributed by atoms with Crippen molar-refractivity contribution in [3.63, 3.8) is 0 Å². The van der Waals surface area contributed by atoms with Crippen LogP contribution in [0.3, 0.4) is 0 Å². The fraction of sp³-hybridized carbons (Fsp3) is 0.667. The number of nitrogens with one attached hydrogen (secondary N) is 1. The number of carbonyl (C=O) groups is 2. The Morgan fingerprint density at radius 1 is 1.45 bits per heavy atom. The molecule has 0 aromatic carbocycles. The maximum Gasteiger partial charge on any atom is 0.323 e. The Hall–Kier alpha value is -1.70. The highest BCUT2D eigenvalue weighted by atomic mass is 32.1. The molecule has 1 aliphatic heterocycles. The second-order valence-corrected chi connectivity index (χ2v) is 5.75. The Morgan fingerprint density at radius 3 is 2.55 bits per heavy atom. The fourth-order valence-electron chi connectivity index (χ4n) is 2.37. The molecule has 2 rings (SSSR count). The zero-order valence-electron chi connectivity index (χ0n) is 11.5. The van der Waals surface area contributed by atoms with E-state index in [2.05, 4.69) is 14.7 Å². The Bertz CT molecular complexity index is 509. The van der Waals surface area contributed by atoms with E-state index in [0.717, 1.165) is 11.5 Å². The quantitative estimate of drug-likeness (QED) is 0.889. The van der Waals surface area contributed by atoms with Crippen LogP contribution in [0.5, 0.6) is 0 Å². The lowest BCUT2D eigenvalue weighted by molar-refractivity contribution is -0.151. The number of aromatic nitrogens is 2. The van der Waals surface area contributed by atoms with Crippen LogP contribution in [0.2, 0.25) is 0 Å². The first-order valence-electron chi connectivity index (χ1n) is 6.56. The third kappa shape index (κ3) is 2.90. The molecule has 0 unspecified atom stereocenters. The molecule has 0 saturated carbocycles. The molecule has 0 bridgehead atoms. The molecule has 1 saturated heterocycles. The molecule has 1 aromatic heterocycles. The molecular weight excluding hydrogens is 280 g/mol. The van der Waals surface area contributed by atoms with E-state index in [4.69, 9.17) is 0 Å². The van der Waals surface area contributed by atoms with Gasteiger partial charge in [-0.25, -0.2) is 9.78 Å². The molecule has 20 heavy (non-hydrogen) atoms. The standard InChI is InChI=1S/C12H18N4O3S/c1-3-12(9(17)18)4-6-16(7-5-12)11(19)14-10-13-8(2)15-20-10/h3-7H2,1-2H3,(H,17,18)(H,13,14,15,19). The van der Waals surface area contributed by atoms with Crippen LogP contribution in [0.25, 0.3) is 0 Å². The van der Waals surface area contributed by atoms with Crippen LogP contribution in [0.15, 0.2) is 0 Å². The highest BCUT2D eigenvalue weighted by Gasteiger charge is 2.40. The van der Waals surface area contributed by atoms with Gasteiger partial charge in [-0.2, -0.15) is 4.37 Å². The Balaban J connectivity index is 1.93. The summed E-state index contributed by atoms with van der Waals surface area (Å²) < 4.78 is 3.99. The molecular formula is C12H18N4O3S. The van der Waals surface area contributed by atoms with E-state index in [9.17, 15) is 14.7 Å². The fourth-order valence-corrected chi connectivity index (χ4v) is 2.94. The molecule has 0 radical (unpaired) electrons. The molecule has 2 amide bonds. The van der Waals surface area contributed by atoms with Crippen molar-refractivity contribution < 1.29 is 14.7 Å². The number of rotatable bonds is 3. The molecule has 0 atom stereocenters. The predicted molar refractivity (Wildman–Crippen MR) is 74.8 cm³/mol. The van der Waals surface area contributed by atoms with Crippen molar-refractivity contribution in [1.29, 1.82) is 0 Å². The number of anilines is 1. The maximum atomic E-state index is 12.1. The van der Waals surface area contributed by atoms with Gasteiger partial charge in [0.15, 0.2) is 0 Å². The first kappa shape index (κ1) is 14.7. The highest BCUT2D eigenvalue weighted by Crippen LogP contribution is 2.35. The lowest BCUT2D eigenvalue weighted by Gasteiger charge is -2.38. The minimum Gasteiger partial charge on any atom is -0.481 e. The first-order valence-corrected chi connectivity index (χ1v) is 7.34. The number of aryl methyl sites for hydroxylation is 1. The van der Waals surface area contributed by atoms with Crippen molar-refractivity contribution in [2.75, 3.05) is 18.4 Å². The van der Waals surface area contributed by atoms with E-state index in [1.54, 1.807) is 11.8 Å². The van der Waals surface area contributed by atoms with E-state index >= 15 is 0 Å². The lowest BCUT2D eigenvalue weighted by Crippen LogP contribution is -2.47. The van der Waals surface area contributed by atoms with Crippen LogP contribution in [0, 0.1) is 12.3 Å². The van der Waals surface area contributed by atoms with Gasteiger partial charge >= 0.3 is 12.0 Å². The van der Waals surface area contributed by atoms with E-state index < -0.39 is 11.4 Å². The molecule has 110 valence electrons. The van der Waals surface area contributed by atoms with Crippen molar-refractivity contribution in [3.8, 4) is 0 Å². The Labute approximate surface area is 121 Å². The average molecular weight is 298 g/mol. The van der Waals surface area contributed by atoms with Gasteiger partial charge in [0.1, 0.15) is 5.82 Å². The van der Waals surface area contributed by atoms with Crippen molar-refractivity contribution in [1.82, 2.24) is 14.3 Å². The predicted octanol–water partition coefficient (Wildman–Crippen LogP) is 1.96. The van der Waals surface area contributed by atoms with Crippen LogP contribution in [0.4, 0.5) is 9.93 Å². The van der Waals surface area contributed by atoms with E-state index in [1.165, 1.54) is 0 Å². The van der Waals surface area contributed by atoms with E-state index in [0.29, 0.717) is 43.3 Å². The number of amides is 2. The summed E-state index contributed by atoms with van der Waals surface area (Å²) in [4.78, 5) is 29.1. The molecule has 0 aliphatic carbocycles. The zero-order valence-corrected chi connectivity index (χ0v) is 12.4. The number of carbonyl (C=O) groups excluding carboxylic acids is 1. The largest absolute Gasteiger partial charge is 0.481 e. The molecule has 1 fully saturated rings. The summed E-state index contributed by atoms with van der Waals surface area (Å²) in [6, 6.07) is -0.240. The summed E-state index contributed by atoms with van der Waals surface area (Å²) in [5.74, 6) is -0.139. The Kier molecular flexibility index (Phi) is 4.22. The number of piperidine rings is 1. The number of hydrogen-bond acceptors (Lipinski definition) is 5. The van der Waals surface area contributed by atoms with Crippen molar-refractivity contribution >= 4 is 28.7 Å². The van der Waals surface area contributed by atoms with Crippen molar-refractivity contribution in [2.45, 2.75) is 33.1 Å². The summed E-state index contributed by atoms with van der Waals surface area (Å²) >= 11 is 1.14. The minimum atomic E-state index is -0.764. The summed E-state index contributed by atoms with van der Waals surface area (Å²) in [5, 5.41) is 12.5. The van der Waals surface area contributed by atoms with Gasteiger partial charge in [0.05, 0.1) is 5.41 Å². The van der Waals surface area contributed by atoms with Gasteiger partial charge in [0.2, 0.25) is 5.13 Å². The summed E-state index contributed by atoms with van der Waals surface area (Å²) in [5.41, 5.74) is -0.684. The number of nitrogens with zero attached hydrogens (tertiary/aromatic N) is 3. The summed E-state index contributed by atoms with van der Waals surface area (Å²) in [6.45, 7) is 4.54. The van der Waals surface area contributed by atoms with Gasteiger partial charge in [0, 0.05) is 24.6 Å². The second-order valence-electron chi connectivity index (χ2n) is 5.00. The topological polar surface area (TPSA) is 95.4 Å². The van der Waals surface area contributed by atoms with E-state index in [-0.39, 0.29) is 6.03 Å². The number of carboxylic acids is 1. The average Bonchev–Trinajstić information content (AvgIpc) is 2.84. The normalized spacial score (nSPS) is 17.8. The van der Waals surface area contributed by atoms with Crippen LogP contribution < -0.4 is 5.32 Å². The van der Waals surface area contributed by atoms with Crippen molar-refractivity contribution in [3.05, 3.63) is 5.82 Å². The number of carboxylic acid groups (broad SMARTS) is 1. The third-order valence-electron chi connectivity index (χ3n) is 3.88. The second kappa shape index (κ2) is 5.74. The van der Waals surface area contributed by atoms with Crippen LogP contribution in [0.1, 0.15) is 32.0 Å². The van der Waals surface area contributed by atoms with Gasteiger partial charge < -0.3 is 10.0 Å². The molecule has 7 nitrogen and oxygen atoms in total. The summed E-state index contributed by atoms with van der Waals surface area (Å²) in [6.07, 6.45) is 1.57. The monoisotopic (exact) mass is 298 g/mol. The third-order valence-corrected chi connectivity index (χ3v) is 4.60. The molecule has 2 heterocycles. The summed E-state index contributed by atoms with van der Waals surface area (Å²) in [7, 11) is 0. The maximum absolute atomic E-state index is 12.1. The first-order chi connectivity index (χ1) is 9.47. The minimum absolute atomic E-state index is 0.240. The molecule has 2 N–H and O–H groups in total. The molecule has 1 aliphatic rings. The number of likely N-dealkylation sites (tertiary alicyclic amines) is 1. The zero-order chi connectivity index (χ0) is 14.8. The van der Waals surface area contributed by atoms with E-state index in [1.807, 2.05) is 6.92 Å².